The van der Waals surface area contributed by atoms with Crippen LogP contribution in [-0.2, 0) is 0 Å². The smallest absolute Gasteiger partial charge is 0.283 e. The summed E-state index contributed by atoms with van der Waals surface area (Å²) in [5.41, 5.74) is -0.229. The Bertz CT molecular complexity index is 454. The van der Waals surface area contributed by atoms with Crippen molar-refractivity contribution in [3.05, 3.63) is 38.9 Å². The van der Waals surface area contributed by atoms with Crippen molar-refractivity contribution >= 4 is 45.8 Å². The third kappa shape index (κ3) is 4.41. The Kier molecular flexibility index (Phi) is 6.34. The van der Waals surface area contributed by atoms with E-state index in [0.717, 1.165) is 17.3 Å². The number of alkyl halides is 1. The van der Waals surface area contributed by atoms with E-state index in [4.69, 9.17) is 11.6 Å². The summed E-state index contributed by atoms with van der Waals surface area (Å²) < 4.78 is 1.02. The van der Waals surface area contributed by atoms with Crippen molar-refractivity contribution in [1.29, 1.82) is 0 Å². The zero-order valence-electron chi connectivity index (χ0n) is 9.49. The third-order valence-electron chi connectivity index (χ3n) is 2.25. The summed E-state index contributed by atoms with van der Waals surface area (Å²) >= 11 is 7.93. The van der Waals surface area contributed by atoms with Crippen LogP contribution in [0.2, 0.25) is 5.02 Å². The highest BCUT2D eigenvalue weighted by Gasteiger charge is 2.19. The monoisotopic (exact) mass is 382 g/mol. The van der Waals surface area contributed by atoms with Crippen LogP contribution in [0.15, 0.2) is 18.2 Å². The second kappa shape index (κ2) is 7.52. The quantitative estimate of drug-likeness (QED) is 0.270. The Hall–Kier alpha value is -0.890. The van der Waals surface area contributed by atoms with Crippen LogP contribution in [0.25, 0.3) is 0 Å². The number of halogens is 2. The second-order valence-electron chi connectivity index (χ2n) is 3.57. The van der Waals surface area contributed by atoms with Crippen molar-refractivity contribution in [3.63, 3.8) is 0 Å². The molecule has 0 saturated carbocycles. The van der Waals surface area contributed by atoms with Crippen LogP contribution >= 0.6 is 34.2 Å². The van der Waals surface area contributed by atoms with Crippen LogP contribution in [0.3, 0.4) is 0 Å². The molecule has 5 nitrogen and oxygen atoms in total. The van der Waals surface area contributed by atoms with E-state index < -0.39 is 10.8 Å². The average molecular weight is 383 g/mol. The molecule has 0 spiro atoms. The van der Waals surface area contributed by atoms with E-state index in [-0.39, 0.29) is 16.3 Å². The largest absolute Gasteiger partial charge is 0.352 e. The van der Waals surface area contributed by atoms with E-state index in [1.54, 1.807) is 0 Å². The van der Waals surface area contributed by atoms with Gasteiger partial charge in [0.1, 0.15) is 5.56 Å². The molecule has 1 N–H and O–H groups in total. The number of carbonyl (C=O) groups excluding carboxylic acids is 1. The number of hydrogen-bond donors (Lipinski definition) is 1. The van der Waals surface area contributed by atoms with Crippen molar-refractivity contribution in [3.8, 4) is 0 Å². The van der Waals surface area contributed by atoms with Crippen molar-refractivity contribution in [2.75, 3.05) is 11.0 Å². The topological polar surface area (TPSA) is 72.2 Å². The van der Waals surface area contributed by atoms with Gasteiger partial charge in [0.25, 0.3) is 11.6 Å². The molecule has 0 radical (unpaired) electrons. The number of nitro groups is 1. The second-order valence-corrected chi connectivity index (χ2v) is 5.09. The lowest BCUT2D eigenvalue weighted by molar-refractivity contribution is -0.385. The molecule has 0 aromatic heterocycles. The highest BCUT2D eigenvalue weighted by Crippen LogP contribution is 2.23. The zero-order valence-corrected chi connectivity index (χ0v) is 12.4. The van der Waals surface area contributed by atoms with E-state index in [2.05, 4.69) is 27.9 Å². The number of nitro benzene ring substituents is 1. The Morgan fingerprint density at radius 3 is 2.78 bits per heavy atom. The summed E-state index contributed by atoms with van der Waals surface area (Å²) in [6.45, 7) is 0.515. The predicted molar refractivity (Wildman–Crippen MR) is 78.6 cm³/mol. The average Bonchev–Trinajstić information content (AvgIpc) is 2.34. The van der Waals surface area contributed by atoms with Gasteiger partial charge in [-0.15, -0.1) is 0 Å². The molecule has 1 aromatic rings. The van der Waals surface area contributed by atoms with E-state index in [0.29, 0.717) is 6.54 Å². The van der Waals surface area contributed by atoms with Gasteiger partial charge in [0.05, 0.1) is 4.92 Å². The first-order chi connectivity index (χ1) is 8.56. The van der Waals surface area contributed by atoms with Gasteiger partial charge in [-0.1, -0.05) is 34.2 Å². The fourth-order valence-corrected chi connectivity index (χ4v) is 2.07. The molecule has 1 amide bonds. The van der Waals surface area contributed by atoms with Gasteiger partial charge in [0.15, 0.2) is 0 Å². The number of unbranched alkanes of at least 4 members (excludes halogenated alkanes) is 1. The fourth-order valence-electron chi connectivity index (χ4n) is 1.36. The first-order valence-corrected chi connectivity index (χ1v) is 7.24. The van der Waals surface area contributed by atoms with Crippen LogP contribution in [0.4, 0.5) is 5.69 Å². The van der Waals surface area contributed by atoms with Crippen LogP contribution < -0.4 is 5.32 Å². The molecule has 0 heterocycles. The summed E-state index contributed by atoms with van der Waals surface area (Å²) in [5, 5.41) is 13.7. The van der Waals surface area contributed by atoms with Crippen molar-refractivity contribution < 1.29 is 9.72 Å². The van der Waals surface area contributed by atoms with Crippen molar-refractivity contribution in [1.82, 2.24) is 5.32 Å². The molecule has 0 saturated heterocycles. The van der Waals surface area contributed by atoms with Gasteiger partial charge in [0, 0.05) is 17.6 Å². The van der Waals surface area contributed by atoms with Crippen LogP contribution in [0.1, 0.15) is 23.2 Å². The Morgan fingerprint density at radius 2 is 2.17 bits per heavy atom. The van der Waals surface area contributed by atoms with Crippen LogP contribution in [0, 0.1) is 10.1 Å². The third-order valence-corrected chi connectivity index (χ3v) is 3.24. The molecule has 7 heteroatoms. The summed E-state index contributed by atoms with van der Waals surface area (Å²) in [4.78, 5) is 22.0. The summed E-state index contributed by atoms with van der Waals surface area (Å²) in [6.07, 6.45) is 1.86. The van der Waals surface area contributed by atoms with Gasteiger partial charge < -0.3 is 5.32 Å². The van der Waals surface area contributed by atoms with Crippen LogP contribution in [0.5, 0.6) is 0 Å². The molecule has 0 fully saturated rings. The number of amides is 1. The summed E-state index contributed by atoms with van der Waals surface area (Å²) in [7, 11) is 0. The summed E-state index contributed by atoms with van der Waals surface area (Å²) in [6, 6.07) is 4.02. The standard InChI is InChI=1S/C11H12ClIN2O3/c12-8-3-4-9(10(7-8)15(17)18)11(16)14-6-2-1-5-13/h3-4,7H,1-2,5-6H2,(H,14,16). The molecular formula is C11H12ClIN2O3. The molecule has 0 atom stereocenters. The molecule has 0 aliphatic heterocycles. The van der Waals surface area contributed by atoms with E-state index in [1.165, 1.54) is 18.2 Å². The van der Waals surface area contributed by atoms with Gasteiger partial charge >= 0.3 is 0 Å². The van der Waals surface area contributed by atoms with Gasteiger partial charge in [-0.3, -0.25) is 14.9 Å². The minimum absolute atomic E-state index is 0.0406. The fraction of sp³-hybridized carbons (Fsp3) is 0.364. The Morgan fingerprint density at radius 1 is 1.44 bits per heavy atom. The number of rotatable bonds is 6. The van der Waals surface area contributed by atoms with Crippen molar-refractivity contribution in [2.24, 2.45) is 0 Å². The lowest BCUT2D eigenvalue weighted by Gasteiger charge is -2.05. The highest BCUT2D eigenvalue weighted by atomic mass is 127. The number of nitrogens with one attached hydrogen (secondary N) is 1. The van der Waals surface area contributed by atoms with Gasteiger partial charge in [-0.05, 0) is 29.4 Å². The summed E-state index contributed by atoms with van der Waals surface area (Å²) in [5.74, 6) is -0.438. The van der Waals surface area contributed by atoms with E-state index in [1.807, 2.05) is 0 Å². The first-order valence-electron chi connectivity index (χ1n) is 5.34. The van der Waals surface area contributed by atoms with E-state index in [9.17, 15) is 14.9 Å². The molecular weight excluding hydrogens is 370 g/mol. The molecule has 0 bridgehead atoms. The maximum Gasteiger partial charge on any atom is 0.283 e. The van der Waals surface area contributed by atoms with Crippen molar-refractivity contribution in [2.45, 2.75) is 12.8 Å². The Balaban J connectivity index is 2.76. The molecule has 1 aromatic carbocycles. The molecule has 0 aliphatic rings. The molecule has 18 heavy (non-hydrogen) atoms. The SMILES string of the molecule is O=C(NCCCCI)c1ccc(Cl)cc1[N+](=O)[O-]. The Labute approximate surface area is 123 Å². The van der Waals surface area contributed by atoms with E-state index >= 15 is 0 Å². The van der Waals surface area contributed by atoms with Crippen LogP contribution in [-0.4, -0.2) is 21.8 Å². The lowest BCUT2D eigenvalue weighted by Crippen LogP contribution is -2.25. The number of carbonyl (C=O) groups is 1. The molecule has 0 aliphatic carbocycles. The number of nitrogens with zero attached hydrogens (tertiary/aromatic N) is 1. The number of hydrogen-bond acceptors (Lipinski definition) is 3. The normalized spacial score (nSPS) is 10.1. The maximum atomic E-state index is 11.8. The van der Waals surface area contributed by atoms with Gasteiger partial charge in [0.2, 0.25) is 0 Å². The highest BCUT2D eigenvalue weighted by molar-refractivity contribution is 14.1. The first kappa shape index (κ1) is 15.2. The molecule has 1 rings (SSSR count). The predicted octanol–water partition coefficient (Wildman–Crippen LogP) is 3.19. The van der Waals surface area contributed by atoms with Gasteiger partial charge in [-0.25, -0.2) is 0 Å². The minimum atomic E-state index is -0.606. The number of benzene rings is 1. The minimum Gasteiger partial charge on any atom is -0.352 e. The molecule has 0 unspecified atom stereocenters. The molecule has 98 valence electrons. The van der Waals surface area contributed by atoms with Gasteiger partial charge in [-0.2, -0.15) is 0 Å². The lowest BCUT2D eigenvalue weighted by atomic mass is 10.1. The maximum absolute atomic E-state index is 11.8. The zero-order chi connectivity index (χ0) is 13.5.